The fraction of sp³-hybridized carbons (Fsp3) is 0.455. The third-order valence-corrected chi connectivity index (χ3v) is 3.00. The van der Waals surface area contributed by atoms with Crippen LogP contribution in [0.1, 0.15) is 22.8 Å². The van der Waals surface area contributed by atoms with Crippen LogP contribution in [0.4, 0.5) is 0 Å². The molecular weight excluding hydrogens is 192 g/mol. The maximum Gasteiger partial charge on any atom is 0.0718 e. The van der Waals surface area contributed by atoms with Gasteiger partial charge in [-0.3, -0.25) is 9.97 Å². The van der Waals surface area contributed by atoms with Crippen LogP contribution in [-0.4, -0.2) is 15.7 Å². The molecule has 1 aromatic heterocycles. The fourth-order valence-corrected chi connectivity index (χ4v) is 1.89. The predicted molar refractivity (Wildman–Crippen MR) is 62.6 cm³/mol. The van der Waals surface area contributed by atoms with Crippen molar-refractivity contribution in [3.05, 3.63) is 35.4 Å². The molecule has 1 heterocycles. The largest absolute Gasteiger partial charge is 0.255 e. The number of aryl methyl sites for hydroxylation is 3. The monoisotopic (exact) mass is 208 g/mol. The summed E-state index contributed by atoms with van der Waals surface area (Å²) in [5, 5.41) is 0. The summed E-state index contributed by atoms with van der Waals surface area (Å²) in [5.74, 6) is 1.89. The van der Waals surface area contributed by atoms with Gasteiger partial charge in [-0.15, -0.1) is 6.58 Å². The lowest BCUT2D eigenvalue weighted by Gasteiger charge is -2.06. The van der Waals surface area contributed by atoms with Gasteiger partial charge in [-0.25, -0.2) is 0 Å². The minimum atomic E-state index is 0.923. The smallest absolute Gasteiger partial charge is 0.0718 e. The maximum absolute atomic E-state index is 4.53. The van der Waals surface area contributed by atoms with Gasteiger partial charge in [0, 0.05) is 11.5 Å². The summed E-state index contributed by atoms with van der Waals surface area (Å²) in [6.45, 7) is 9.71. The SMILES string of the molecule is C=CCSCc1nc(C)c(C)nc1C. The minimum Gasteiger partial charge on any atom is -0.255 e. The van der Waals surface area contributed by atoms with Gasteiger partial charge in [-0.1, -0.05) is 6.08 Å². The Labute approximate surface area is 89.9 Å². The molecule has 0 aromatic carbocycles. The molecule has 0 unspecified atom stereocenters. The van der Waals surface area contributed by atoms with Gasteiger partial charge in [-0.2, -0.15) is 11.8 Å². The Morgan fingerprint density at radius 2 is 1.79 bits per heavy atom. The van der Waals surface area contributed by atoms with Gasteiger partial charge in [0.2, 0.25) is 0 Å². The van der Waals surface area contributed by atoms with Crippen molar-refractivity contribution in [2.75, 3.05) is 5.75 Å². The molecule has 0 aliphatic carbocycles. The third kappa shape index (κ3) is 2.84. The molecule has 0 radical (unpaired) electrons. The first-order chi connectivity index (χ1) is 6.65. The number of hydrogen-bond donors (Lipinski definition) is 0. The highest BCUT2D eigenvalue weighted by molar-refractivity contribution is 7.98. The van der Waals surface area contributed by atoms with Crippen molar-refractivity contribution in [3.8, 4) is 0 Å². The van der Waals surface area contributed by atoms with Crippen molar-refractivity contribution in [2.45, 2.75) is 26.5 Å². The van der Waals surface area contributed by atoms with Crippen molar-refractivity contribution in [1.29, 1.82) is 0 Å². The lowest BCUT2D eigenvalue weighted by molar-refractivity contribution is 0.951. The van der Waals surface area contributed by atoms with Crippen LogP contribution >= 0.6 is 11.8 Å². The van der Waals surface area contributed by atoms with Gasteiger partial charge in [0.1, 0.15) is 0 Å². The van der Waals surface area contributed by atoms with Crippen LogP contribution in [0.3, 0.4) is 0 Å². The normalized spacial score (nSPS) is 10.2. The van der Waals surface area contributed by atoms with Crippen molar-refractivity contribution in [1.82, 2.24) is 9.97 Å². The molecule has 0 fully saturated rings. The average molecular weight is 208 g/mol. The van der Waals surface area contributed by atoms with E-state index in [4.69, 9.17) is 0 Å². The molecule has 0 atom stereocenters. The molecular formula is C11H16N2S. The second-order valence-corrected chi connectivity index (χ2v) is 4.26. The zero-order chi connectivity index (χ0) is 10.6. The molecule has 3 heteroatoms. The molecule has 1 rings (SSSR count). The van der Waals surface area contributed by atoms with Gasteiger partial charge < -0.3 is 0 Å². The highest BCUT2D eigenvalue weighted by Gasteiger charge is 2.04. The van der Waals surface area contributed by atoms with Crippen LogP contribution in [0.5, 0.6) is 0 Å². The molecule has 0 N–H and O–H groups in total. The first-order valence-corrected chi connectivity index (χ1v) is 5.80. The number of nitrogens with zero attached hydrogens (tertiary/aromatic N) is 2. The average Bonchev–Trinajstić information content (AvgIpc) is 2.14. The van der Waals surface area contributed by atoms with Crippen molar-refractivity contribution < 1.29 is 0 Å². The lowest BCUT2D eigenvalue weighted by atomic mass is 10.3. The summed E-state index contributed by atoms with van der Waals surface area (Å²) in [7, 11) is 0. The van der Waals surface area contributed by atoms with E-state index >= 15 is 0 Å². The van der Waals surface area contributed by atoms with Crippen molar-refractivity contribution in [3.63, 3.8) is 0 Å². The van der Waals surface area contributed by atoms with Crippen LogP contribution in [0.15, 0.2) is 12.7 Å². The van der Waals surface area contributed by atoms with Gasteiger partial charge in [-0.05, 0) is 20.8 Å². The van der Waals surface area contributed by atoms with E-state index in [1.54, 1.807) is 0 Å². The lowest BCUT2D eigenvalue weighted by Crippen LogP contribution is -2.01. The highest BCUT2D eigenvalue weighted by atomic mass is 32.2. The van der Waals surface area contributed by atoms with E-state index in [0.29, 0.717) is 0 Å². The van der Waals surface area contributed by atoms with E-state index in [9.17, 15) is 0 Å². The van der Waals surface area contributed by atoms with Crippen molar-refractivity contribution >= 4 is 11.8 Å². The molecule has 1 aromatic rings. The molecule has 76 valence electrons. The van der Waals surface area contributed by atoms with Crippen LogP contribution in [0, 0.1) is 20.8 Å². The zero-order valence-corrected chi connectivity index (χ0v) is 9.82. The van der Waals surface area contributed by atoms with E-state index in [1.807, 2.05) is 38.6 Å². The molecule has 0 saturated carbocycles. The summed E-state index contributed by atoms with van der Waals surface area (Å²) in [6.07, 6.45) is 1.91. The van der Waals surface area contributed by atoms with Gasteiger partial charge in [0.25, 0.3) is 0 Å². The van der Waals surface area contributed by atoms with E-state index in [0.717, 1.165) is 34.3 Å². The van der Waals surface area contributed by atoms with Crippen LogP contribution < -0.4 is 0 Å². The molecule has 0 saturated heterocycles. The standard InChI is InChI=1S/C11H16N2S/c1-5-6-14-7-11-10(4)12-8(2)9(3)13-11/h5H,1,6-7H2,2-4H3. The summed E-state index contributed by atoms with van der Waals surface area (Å²) in [4.78, 5) is 8.98. The molecule has 0 aliphatic heterocycles. The third-order valence-electron chi connectivity index (χ3n) is 2.05. The van der Waals surface area contributed by atoms with E-state index < -0.39 is 0 Å². The van der Waals surface area contributed by atoms with Crippen LogP contribution in [0.25, 0.3) is 0 Å². The summed E-state index contributed by atoms with van der Waals surface area (Å²) >= 11 is 1.81. The molecule has 0 amide bonds. The second kappa shape index (κ2) is 5.15. The molecule has 0 spiro atoms. The molecule has 0 bridgehead atoms. The second-order valence-electron chi connectivity index (χ2n) is 3.23. The fourth-order valence-electron chi connectivity index (χ4n) is 1.14. The van der Waals surface area contributed by atoms with Crippen LogP contribution in [0.2, 0.25) is 0 Å². The molecule has 14 heavy (non-hydrogen) atoms. The Morgan fingerprint density at radius 1 is 1.14 bits per heavy atom. The topological polar surface area (TPSA) is 25.8 Å². The summed E-state index contributed by atoms with van der Waals surface area (Å²) in [6, 6.07) is 0. The Hall–Kier alpha value is -0.830. The number of rotatable bonds is 4. The van der Waals surface area contributed by atoms with Gasteiger partial charge in [0.05, 0.1) is 22.8 Å². The Morgan fingerprint density at radius 3 is 2.43 bits per heavy atom. The Balaban J connectivity index is 2.76. The van der Waals surface area contributed by atoms with Gasteiger partial charge in [0.15, 0.2) is 0 Å². The number of aromatic nitrogens is 2. The molecule has 2 nitrogen and oxygen atoms in total. The van der Waals surface area contributed by atoms with Gasteiger partial charge >= 0.3 is 0 Å². The van der Waals surface area contributed by atoms with Crippen molar-refractivity contribution in [2.24, 2.45) is 0 Å². The zero-order valence-electron chi connectivity index (χ0n) is 9.00. The summed E-state index contributed by atoms with van der Waals surface area (Å²) < 4.78 is 0. The number of thioether (sulfide) groups is 1. The molecule has 0 aliphatic rings. The summed E-state index contributed by atoms with van der Waals surface area (Å²) in [5.41, 5.74) is 4.20. The number of hydrogen-bond acceptors (Lipinski definition) is 3. The van der Waals surface area contributed by atoms with E-state index in [1.165, 1.54) is 0 Å². The quantitative estimate of drug-likeness (QED) is 0.562. The maximum atomic E-state index is 4.53. The van der Waals surface area contributed by atoms with E-state index in [-0.39, 0.29) is 0 Å². The Kier molecular flexibility index (Phi) is 4.14. The van der Waals surface area contributed by atoms with Crippen LogP contribution in [-0.2, 0) is 5.75 Å². The highest BCUT2D eigenvalue weighted by Crippen LogP contribution is 2.14. The predicted octanol–water partition coefficient (Wildman–Crippen LogP) is 2.82. The first-order valence-electron chi connectivity index (χ1n) is 4.64. The van der Waals surface area contributed by atoms with E-state index in [2.05, 4.69) is 16.5 Å². The Bertz CT molecular complexity index is 334. The first kappa shape index (κ1) is 11.2. The minimum absolute atomic E-state index is 0.923.